The average Bonchev–Trinajstić information content (AvgIpc) is 3.20. The summed E-state index contributed by atoms with van der Waals surface area (Å²) in [5.74, 6) is 1.03. The molecule has 31 heavy (non-hydrogen) atoms. The van der Waals surface area contributed by atoms with Gasteiger partial charge in [-0.15, -0.1) is 11.3 Å². The van der Waals surface area contributed by atoms with E-state index in [2.05, 4.69) is 0 Å². The molecule has 4 aromatic rings. The Hall–Kier alpha value is -3.64. The monoisotopic (exact) mass is 432 g/mol. The molecule has 0 aliphatic heterocycles. The standard InChI is InChI=1S/C25H20O5S/c1-28-17-12-13-18(21(14-17)29-2)20(26)15-30-24-19-10-6-7-11-22(19)31-25(24)23(27)16-8-4-3-5-9-16/h3-14H,15H2,1-2H3. The summed E-state index contributed by atoms with van der Waals surface area (Å²) in [5, 5.41) is 0.807. The highest BCUT2D eigenvalue weighted by atomic mass is 32.1. The molecule has 0 radical (unpaired) electrons. The van der Waals surface area contributed by atoms with Gasteiger partial charge in [0.05, 0.1) is 19.8 Å². The molecule has 3 aromatic carbocycles. The third kappa shape index (κ3) is 4.15. The van der Waals surface area contributed by atoms with Crippen molar-refractivity contribution in [1.29, 1.82) is 0 Å². The number of hydrogen-bond donors (Lipinski definition) is 0. The summed E-state index contributed by atoms with van der Waals surface area (Å²) >= 11 is 1.36. The predicted molar refractivity (Wildman–Crippen MR) is 121 cm³/mol. The minimum atomic E-state index is -0.257. The molecule has 0 N–H and O–H groups in total. The third-order valence-electron chi connectivity index (χ3n) is 4.85. The minimum absolute atomic E-state index is 0.133. The van der Waals surface area contributed by atoms with Crippen LogP contribution in [0.2, 0.25) is 0 Å². The first-order valence-electron chi connectivity index (χ1n) is 9.61. The molecule has 0 aliphatic carbocycles. The molecular weight excluding hydrogens is 412 g/mol. The van der Waals surface area contributed by atoms with Crippen LogP contribution >= 0.6 is 11.3 Å². The molecule has 0 bridgehead atoms. The molecule has 0 saturated carbocycles. The molecule has 0 aliphatic rings. The Morgan fingerprint density at radius 3 is 2.35 bits per heavy atom. The SMILES string of the molecule is COc1ccc(C(=O)COc2c(C(=O)c3ccccc3)sc3ccccc23)c(OC)c1. The van der Waals surface area contributed by atoms with E-state index in [1.165, 1.54) is 18.4 Å². The maximum atomic E-state index is 13.1. The van der Waals surface area contributed by atoms with Crippen molar-refractivity contribution in [2.24, 2.45) is 0 Å². The molecule has 0 fully saturated rings. The van der Waals surface area contributed by atoms with Crippen molar-refractivity contribution < 1.29 is 23.8 Å². The zero-order valence-electron chi connectivity index (χ0n) is 17.1. The van der Waals surface area contributed by atoms with Gasteiger partial charge in [0.15, 0.2) is 6.61 Å². The fraction of sp³-hybridized carbons (Fsp3) is 0.120. The van der Waals surface area contributed by atoms with Crippen molar-refractivity contribution in [2.75, 3.05) is 20.8 Å². The van der Waals surface area contributed by atoms with E-state index >= 15 is 0 Å². The number of hydrogen-bond acceptors (Lipinski definition) is 6. The van der Waals surface area contributed by atoms with Gasteiger partial charge in [-0.25, -0.2) is 0 Å². The van der Waals surface area contributed by atoms with Crippen LogP contribution in [-0.4, -0.2) is 32.4 Å². The van der Waals surface area contributed by atoms with E-state index in [-0.39, 0.29) is 18.2 Å². The van der Waals surface area contributed by atoms with Gasteiger partial charge in [0.1, 0.15) is 22.1 Å². The molecule has 156 valence electrons. The minimum Gasteiger partial charge on any atom is -0.497 e. The van der Waals surface area contributed by atoms with Crippen molar-refractivity contribution in [1.82, 2.24) is 0 Å². The Balaban J connectivity index is 1.66. The Morgan fingerprint density at radius 2 is 1.61 bits per heavy atom. The highest BCUT2D eigenvalue weighted by Gasteiger charge is 2.22. The molecule has 0 saturated heterocycles. The van der Waals surface area contributed by atoms with Crippen molar-refractivity contribution >= 4 is 33.0 Å². The van der Waals surface area contributed by atoms with Crippen LogP contribution in [0.1, 0.15) is 25.6 Å². The smallest absolute Gasteiger partial charge is 0.206 e. The largest absolute Gasteiger partial charge is 0.497 e. The molecule has 5 nitrogen and oxygen atoms in total. The van der Waals surface area contributed by atoms with Crippen LogP contribution in [0, 0.1) is 0 Å². The second-order valence-electron chi connectivity index (χ2n) is 6.73. The van der Waals surface area contributed by atoms with Crippen LogP contribution in [0.4, 0.5) is 0 Å². The number of ether oxygens (including phenoxy) is 3. The Morgan fingerprint density at radius 1 is 0.871 bits per heavy atom. The van der Waals surface area contributed by atoms with Crippen molar-refractivity contribution in [3.63, 3.8) is 0 Å². The Labute approximate surface area is 183 Å². The topological polar surface area (TPSA) is 61.8 Å². The van der Waals surface area contributed by atoms with Gasteiger partial charge in [0, 0.05) is 21.7 Å². The predicted octanol–water partition coefficient (Wildman–Crippen LogP) is 5.41. The zero-order chi connectivity index (χ0) is 21.8. The number of rotatable bonds is 8. The number of benzene rings is 3. The number of fused-ring (bicyclic) bond motifs is 1. The highest BCUT2D eigenvalue weighted by molar-refractivity contribution is 7.21. The van der Waals surface area contributed by atoms with Crippen LogP contribution in [0.3, 0.4) is 0 Å². The lowest BCUT2D eigenvalue weighted by molar-refractivity contribution is 0.0914. The van der Waals surface area contributed by atoms with Crippen LogP contribution < -0.4 is 14.2 Å². The van der Waals surface area contributed by atoms with Crippen molar-refractivity contribution in [3.05, 3.63) is 88.8 Å². The van der Waals surface area contributed by atoms with Crippen molar-refractivity contribution in [2.45, 2.75) is 0 Å². The summed E-state index contributed by atoms with van der Waals surface area (Å²) in [6.45, 7) is -0.224. The molecular formula is C25H20O5S. The van der Waals surface area contributed by atoms with Gasteiger partial charge < -0.3 is 14.2 Å². The number of carbonyl (C=O) groups excluding carboxylic acids is 2. The second-order valence-corrected chi connectivity index (χ2v) is 7.78. The summed E-state index contributed by atoms with van der Waals surface area (Å²) in [6.07, 6.45) is 0. The van der Waals surface area contributed by atoms with Crippen LogP contribution in [-0.2, 0) is 0 Å². The third-order valence-corrected chi connectivity index (χ3v) is 6.00. The molecule has 6 heteroatoms. The number of ketones is 2. The fourth-order valence-electron chi connectivity index (χ4n) is 3.28. The quantitative estimate of drug-likeness (QED) is 0.348. The lowest BCUT2D eigenvalue weighted by Crippen LogP contribution is -2.14. The van der Waals surface area contributed by atoms with Crippen LogP contribution in [0.5, 0.6) is 17.2 Å². The van der Waals surface area contributed by atoms with E-state index in [0.29, 0.717) is 33.3 Å². The first kappa shape index (κ1) is 20.6. The summed E-state index contributed by atoms with van der Waals surface area (Å²) in [6, 6.07) is 21.6. The summed E-state index contributed by atoms with van der Waals surface area (Å²) in [4.78, 5) is 26.5. The van der Waals surface area contributed by atoms with E-state index in [1.54, 1.807) is 37.4 Å². The van der Waals surface area contributed by atoms with E-state index in [0.717, 1.165) is 10.1 Å². The molecule has 0 amide bonds. The number of methoxy groups -OCH3 is 2. The molecule has 0 atom stereocenters. The van der Waals surface area contributed by atoms with Crippen LogP contribution in [0.25, 0.3) is 10.1 Å². The lowest BCUT2D eigenvalue weighted by atomic mass is 10.1. The van der Waals surface area contributed by atoms with Gasteiger partial charge >= 0.3 is 0 Å². The summed E-state index contributed by atoms with van der Waals surface area (Å²) in [5.41, 5.74) is 0.959. The summed E-state index contributed by atoms with van der Waals surface area (Å²) < 4.78 is 17.4. The van der Waals surface area contributed by atoms with Gasteiger partial charge in [0.2, 0.25) is 11.6 Å². The number of thiophene rings is 1. The fourth-order valence-corrected chi connectivity index (χ4v) is 4.39. The maximum Gasteiger partial charge on any atom is 0.206 e. The van der Waals surface area contributed by atoms with E-state index in [1.807, 2.05) is 42.5 Å². The van der Waals surface area contributed by atoms with Gasteiger partial charge in [-0.2, -0.15) is 0 Å². The van der Waals surface area contributed by atoms with E-state index in [9.17, 15) is 9.59 Å². The van der Waals surface area contributed by atoms with Gasteiger partial charge in [-0.3, -0.25) is 9.59 Å². The van der Waals surface area contributed by atoms with Gasteiger partial charge in [0.25, 0.3) is 0 Å². The molecule has 1 aromatic heterocycles. The first-order valence-corrected chi connectivity index (χ1v) is 10.4. The molecule has 0 unspecified atom stereocenters. The molecule has 1 heterocycles. The Kier molecular flexibility index (Phi) is 6.00. The van der Waals surface area contributed by atoms with Gasteiger partial charge in [-0.05, 0) is 24.3 Å². The molecule has 0 spiro atoms. The van der Waals surface area contributed by atoms with E-state index < -0.39 is 0 Å². The number of carbonyl (C=O) groups is 2. The zero-order valence-corrected chi connectivity index (χ0v) is 17.9. The number of Topliss-reactive ketones (excluding diaryl/α,β-unsaturated/α-hetero) is 1. The second kappa shape index (κ2) is 9.02. The summed E-state index contributed by atoms with van der Waals surface area (Å²) in [7, 11) is 3.04. The van der Waals surface area contributed by atoms with Crippen molar-refractivity contribution in [3.8, 4) is 17.2 Å². The van der Waals surface area contributed by atoms with E-state index in [4.69, 9.17) is 14.2 Å². The highest BCUT2D eigenvalue weighted by Crippen LogP contribution is 2.39. The van der Waals surface area contributed by atoms with Gasteiger partial charge in [-0.1, -0.05) is 42.5 Å². The molecule has 4 rings (SSSR count). The Bertz CT molecular complexity index is 1240. The first-order chi connectivity index (χ1) is 15.1. The maximum absolute atomic E-state index is 13.1. The normalized spacial score (nSPS) is 10.6. The lowest BCUT2D eigenvalue weighted by Gasteiger charge is -2.11. The average molecular weight is 432 g/mol. The van der Waals surface area contributed by atoms with Crippen LogP contribution in [0.15, 0.2) is 72.8 Å².